The molecular formula is C8H19O3P. The van der Waals surface area contributed by atoms with Crippen molar-refractivity contribution in [2.24, 2.45) is 0 Å². The molecule has 1 unspecified atom stereocenters. The molecule has 0 radical (unpaired) electrons. The molecule has 0 aromatic heterocycles. The van der Waals surface area contributed by atoms with Crippen molar-refractivity contribution in [1.29, 1.82) is 0 Å². The van der Waals surface area contributed by atoms with Crippen LogP contribution in [0.1, 0.15) is 27.7 Å². The quantitative estimate of drug-likeness (QED) is 0.697. The Kier molecular flexibility index (Phi) is 4.46. The third-order valence-electron chi connectivity index (χ3n) is 1.47. The first-order chi connectivity index (χ1) is 5.27. The maximum atomic E-state index is 11.1. The summed E-state index contributed by atoms with van der Waals surface area (Å²) in [5, 5.41) is 0. The van der Waals surface area contributed by atoms with Gasteiger partial charge in [0.15, 0.2) is 0 Å². The van der Waals surface area contributed by atoms with Crippen LogP contribution in [0.2, 0.25) is 0 Å². The lowest BCUT2D eigenvalue weighted by molar-refractivity contribution is 0.00583. The van der Waals surface area contributed by atoms with E-state index in [1.165, 1.54) is 0 Å². The van der Waals surface area contributed by atoms with E-state index in [1.807, 2.05) is 20.8 Å². The first-order valence-corrected chi connectivity index (χ1v) is 6.24. The van der Waals surface area contributed by atoms with Crippen LogP contribution in [0.25, 0.3) is 0 Å². The van der Waals surface area contributed by atoms with Crippen molar-refractivity contribution >= 4 is 7.37 Å². The van der Waals surface area contributed by atoms with E-state index in [2.05, 4.69) is 0 Å². The van der Waals surface area contributed by atoms with Gasteiger partial charge in [0.25, 0.3) is 0 Å². The lowest BCUT2D eigenvalue weighted by Crippen LogP contribution is -2.21. The minimum atomic E-state index is -2.88. The fraction of sp³-hybridized carbons (Fsp3) is 1.00. The van der Waals surface area contributed by atoms with Crippen LogP contribution in [0.5, 0.6) is 0 Å². The summed E-state index contributed by atoms with van der Waals surface area (Å²) in [5.41, 5.74) is -0.215. The third kappa shape index (κ3) is 6.84. The Balaban J connectivity index is 3.65. The van der Waals surface area contributed by atoms with E-state index >= 15 is 0 Å². The molecule has 74 valence electrons. The molecule has 0 saturated carbocycles. The molecule has 0 aromatic rings. The molecule has 0 bridgehead atoms. The van der Waals surface area contributed by atoms with E-state index in [0.717, 1.165) is 0 Å². The van der Waals surface area contributed by atoms with Crippen molar-refractivity contribution in [3.8, 4) is 0 Å². The van der Waals surface area contributed by atoms with Crippen LogP contribution in [-0.4, -0.2) is 29.4 Å². The molecule has 12 heavy (non-hydrogen) atoms. The summed E-state index contributed by atoms with van der Waals surface area (Å²) in [6.07, 6.45) is 0.598. The Hall–Kier alpha value is 0.150. The summed E-state index contributed by atoms with van der Waals surface area (Å²) >= 11 is 0. The smallest absolute Gasteiger partial charge is 0.202 e. The molecule has 0 aliphatic carbocycles. The second-order valence-corrected chi connectivity index (χ2v) is 6.62. The number of ether oxygens (including phenoxy) is 1. The molecule has 4 heteroatoms. The molecule has 1 N–H and O–H groups in total. The first kappa shape index (κ1) is 12.2. The molecular weight excluding hydrogens is 175 g/mol. The minimum absolute atomic E-state index is 0.215. The number of hydrogen-bond donors (Lipinski definition) is 1. The topological polar surface area (TPSA) is 46.5 Å². The molecule has 1 atom stereocenters. The maximum Gasteiger partial charge on any atom is 0.202 e. The van der Waals surface area contributed by atoms with Crippen molar-refractivity contribution in [2.75, 3.05) is 18.9 Å². The van der Waals surface area contributed by atoms with Gasteiger partial charge in [0.1, 0.15) is 0 Å². The zero-order chi connectivity index (χ0) is 9.83. The van der Waals surface area contributed by atoms with Gasteiger partial charge in [0.05, 0.1) is 12.2 Å². The van der Waals surface area contributed by atoms with E-state index in [1.54, 1.807) is 6.92 Å². The number of hydrogen-bond acceptors (Lipinski definition) is 2. The molecule has 0 aromatic carbocycles. The average Bonchev–Trinajstić information content (AvgIpc) is 1.84. The van der Waals surface area contributed by atoms with Crippen LogP contribution in [0, 0.1) is 0 Å². The Morgan fingerprint density at radius 2 is 1.92 bits per heavy atom. The summed E-state index contributed by atoms with van der Waals surface area (Å²) in [4.78, 5) is 9.20. The maximum absolute atomic E-state index is 11.1. The molecule has 0 fully saturated rings. The highest BCUT2D eigenvalue weighted by molar-refractivity contribution is 7.57. The Labute approximate surface area is 74.6 Å². The van der Waals surface area contributed by atoms with Crippen LogP contribution >= 0.6 is 7.37 Å². The summed E-state index contributed by atoms with van der Waals surface area (Å²) in [6, 6.07) is 0. The fourth-order valence-electron chi connectivity index (χ4n) is 0.653. The molecule has 0 rings (SSSR count). The van der Waals surface area contributed by atoms with Crippen LogP contribution in [0.15, 0.2) is 0 Å². The molecule has 3 nitrogen and oxygen atoms in total. The molecule has 0 amide bonds. The first-order valence-electron chi connectivity index (χ1n) is 4.21. The SMILES string of the molecule is CCP(=O)(O)CCOC(C)(C)C. The monoisotopic (exact) mass is 194 g/mol. The van der Waals surface area contributed by atoms with E-state index in [-0.39, 0.29) is 11.8 Å². The molecule has 0 spiro atoms. The zero-order valence-electron chi connectivity index (χ0n) is 8.33. The van der Waals surface area contributed by atoms with Crippen molar-refractivity contribution in [3.05, 3.63) is 0 Å². The predicted octanol–water partition coefficient (Wildman–Crippen LogP) is 2.09. The van der Waals surface area contributed by atoms with Crippen LogP contribution in [-0.2, 0) is 9.30 Å². The van der Waals surface area contributed by atoms with Gasteiger partial charge < -0.3 is 9.63 Å². The van der Waals surface area contributed by atoms with Crippen molar-refractivity contribution in [2.45, 2.75) is 33.3 Å². The lowest BCUT2D eigenvalue weighted by Gasteiger charge is -2.20. The highest BCUT2D eigenvalue weighted by Crippen LogP contribution is 2.39. The largest absolute Gasteiger partial charge is 0.375 e. The fourth-order valence-corrected chi connectivity index (χ4v) is 1.35. The van der Waals surface area contributed by atoms with E-state index < -0.39 is 7.37 Å². The summed E-state index contributed by atoms with van der Waals surface area (Å²) in [6.45, 7) is 7.88. The van der Waals surface area contributed by atoms with Gasteiger partial charge >= 0.3 is 0 Å². The molecule has 0 aliphatic heterocycles. The van der Waals surface area contributed by atoms with Crippen LogP contribution < -0.4 is 0 Å². The van der Waals surface area contributed by atoms with Crippen molar-refractivity contribution < 1.29 is 14.2 Å². The third-order valence-corrected chi connectivity index (χ3v) is 3.34. The number of rotatable bonds is 4. The molecule has 0 saturated heterocycles. The van der Waals surface area contributed by atoms with Gasteiger partial charge in [0, 0.05) is 12.3 Å². The van der Waals surface area contributed by atoms with Crippen molar-refractivity contribution in [1.82, 2.24) is 0 Å². The van der Waals surface area contributed by atoms with Gasteiger partial charge in [-0.3, -0.25) is 4.57 Å². The van der Waals surface area contributed by atoms with Gasteiger partial charge in [-0.2, -0.15) is 0 Å². The highest BCUT2D eigenvalue weighted by atomic mass is 31.2. The van der Waals surface area contributed by atoms with Gasteiger partial charge in [-0.15, -0.1) is 0 Å². The standard InChI is InChI=1S/C8H19O3P/c1-5-12(9,10)7-6-11-8(2,3)4/h5-7H2,1-4H3,(H,9,10). The van der Waals surface area contributed by atoms with Gasteiger partial charge in [-0.25, -0.2) is 0 Å². The average molecular weight is 194 g/mol. The Bertz CT molecular complexity index is 172. The lowest BCUT2D eigenvalue weighted by atomic mass is 10.2. The van der Waals surface area contributed by atoms with Gasteiger partial charge in [-0.05, 0) is 20.8 Å². The Morgan fingerprint density at radius 3 is 2.25 bits per heavy atom. The van der Waals surface area contributed by atoms with E-state index in [0.29, 0.717) is 12.8 Å². The summed E-state index contributed by atoms with van der Waals surface area (Å²) < 4.78 is 16.5. The Morgan fingerprint density at radius 1 is 1.42 bits per heavy atom. The second-order valence-electron chi connectivity index (χ2n) is 3.85. The summed E-state index contributed by atoms with van der Waals surface area (Å²) in [7, 11) is -2.88. The highest BCUT2D eigenvalue weighted by Gasteiger charge is 2.17. The van der Waals surface area contributed by atoms with Crippen molar-refractivity contribution in [3.63, 3.8) is 0 Å². The summed E-state index contributed by atoms with van der Waals surface area (Å²) in [5.74, 6) is 0. The second kappa shape index (κ2) is 4.40. The van der Waals surface area contributed by atoms with E-state index in [9.17, 15) is 9.46 Å². The van der Waals surface area contributed by atoms with Gasteiger partial charge in [-0.1, -0.05) is 6.92 Å². The molecule has 0 heterocycles. The predicted molar refractivity (Wildman–Crippen MR) is 50.9 cm³/mol. The minimum Gasteiger partial charge on any atom is -0.375 e. The van der Waals surface area contributed by atoms with Crippen LogP contribution in [0.3, 0.4) is 0 Å². The van der Waals surface area contributed by atoms with Gasteiger partial charge in [0.2, 0.25) is 7.37 Å². The molecule has 0 aliphatic rings. The van der Waals surface area contributed by atoms with E-state index in [4.69, 9.17) is 4.74 Å². The van der Waals surface area contributed by atoms with Crippen LogP contribution in [0.4, 0.5) is 0 Å². The normalized spacial score (nSPS) is 17.4. The zero-order valence-corrected chi connectivity index (χ0v) is 9.23.